The van der Waals surface area contributed by atoms with Crippen LogP contribution in [0.5, 0.6) is 0 Å². The third-order valence-corrected chi connectivity index (χ3v) is 6.02. The maximum Gasteiger partial charge on any atom is 0.337 e. The molecule has 2 aliphatic heterocycles. The second-order valence-corrected chi connectivity index (χ2v) is 8.13. The van der Waals surface area contributed by atoms with Crippen LogP contribution >= 0.6 is 0 Å². The van der Waals surface area contributed by atoms with E-state index in [9.17, 15) is 9.59 Å². The summed E-state index contributed by atoms with van der Waals surface area (Å²) in [5.74, 6) is -0.901. The van der Waals surface area contributed by atoms with Crippen LogP contribution in [0.1, 0.15) is 40.0 Å². The summed E-state index contributed by atoms with van der Waals surface area (Å²) in [6.45, 7) is 3.86. The molecule has 0 unspecified atom stereocenters. The van der Waals surface area contributed by atoms with Gasteiger partial charge in [-0.3, -0.25) is 9.78 Å². The Hall–Kier alpha value is -2.73. The Morgan fingerprint density at radius 2 is 1.75 bits per heavy atom. The molecule has 3 heterocycles. The van der Waals surface area contributed by atoms with E-state index >= 15 is 0 Å². The highest BCUT2D eigenvalue weighted by atomic mass is 16.4. The molecule has 0 radical (unpaired) electrons. The number of aromatic nitrogens is 1. The average molecular weight is 379 g/mol. The van der Waals surface area contributed by atoms with Gasteiger partial charge in [0.2, 0.25) is 0 Å². The number of hydrogen-bond acceptors (Lipinski definition) is 4. The molecule has 1 aromatic heterocycles. The Morgan fingerprint density at radius 3 is 2.36 bits per heavy atom. The molecule has 1 atom stereocenters. The molecule has 0 saturated carbocycles. The van der Waals surface area contributed by atoms with Crippen LogP contribution < -0.4 is 0 Å². The van der Waals surface area contributed by atoms with Gasteiger partial charge in [0, 0.05) is 42.4 Å². The Morgan fingerprint density at radius 1 is 1.00 bits per heavy atom. The number of amides is 1. The number of carbonyl (C=O) groups excluding carboxylic acids is 1. The lowest BCUT2D eigenvalue weighted by molar-refractivity contribution is 0.0534. The van der Waals surface area contributed by atoms with Gasteiger partial charge in [-0.1, -0.05) is 12.1 Å². The molecule has 1 aromatic carbocycles. The van der Waals surface area contributed by atoms with E-state index in [1.54, 1.807) is 6.07 Å². The van der Waals surface area contributed by atoms with Crippen LogP contribution in [-0.2, 0) is 0 Å². The van der Waals surface area contributed by atoms with Gasteiger partial charge in [-0.25, -0.2) is 4.79 Å². The Kier molecular flexibility index (Phi) is 4.89. The molecule has 6 heteroatoms. The summed E-state index contributed by atoms with van der Waals surface area (Å²) in [7, 11) is 2.16. The van der Waals surface area contributed by atoms with Gasteiger partial charge in [0.15, 0.2) is 0 Å². The molecule has 1 spiro atoms. The van der Waals surface area contributed by atoms with Crippen LogP contribution in [0.15, 0.2) is 42.6 Å². The zero-order chi connectivity index (χ0) is 19.7. The molecule has 1 N–H and O–H groups in total. The number of carbonyl (C=O) groups is 2. The van der Waals surface area contributed by atoms with E-state index < -0.39 is 5.97 Å². The first kappa shape index (κ1) is 18.6. The number of carboxylic acids is 1. The molecular weight excluding hydrogens is 354 g/mol. The van der Waals surface area contributed by atoms with Crippen molar-refractivity contribution in [2.75, 3.05) is 33.2 Å². The van der Waals surface area contributed by atoms with Crippen molar-refractivity contribution in [3.63, 3.8) is 0 Å². The number of carboxylic acid groups (broad SMARTS) is 1. The maximum atomic E-state index is 13.0. The molecule has 2 aromatic rings. The van der Waals surface area contributed by atoms with Crippen LogP contribution in [0.2, 0.25) is 0 Å². The second kappa shape index (κ2) is 7.36. The van der Waals surface area contributed by atoms with E-state index in [1.807, 2.05) is 29.2 Å². The van der Waals surface area contributed by atoms with E-state index in [4.69, 9.17) is 5.11 Å². The molecule has 1 amide bonds. The van der Waals surface area contributed by atoms with Gasteiger partial charge < -0.3 is 14.9 Å². The standard InChI is InChI=1S/C22H25N3O3/c1-24-12-10-22(14-24)9-2-11-25(15-22)20(26)17-5-3-16(4-6-17)19-8-7-18(13-23-19)21(27)28/h3-8,13H,2,9-12,14-15H2,1H3,(H,27,28)/t22-/m0/s1. The number of nitrogens with zero attached hydrogens (tertiary/aromatic N) is 3. The highest BCUT2D eigenvalue weighted by molar-refractivity contribution is 5.94. The minimum atomic E-state index is -0.993. The lowest BCUT2D eigenvalue weighted by atomic mass is 9.79. The lowest BCUT2D eigenvalue weighted by Crippen LogP contribution is -2.47. The van der Waals surface area contributed by atoms with Crippen LogP contribution in [0, 0.1) is 5.41 Å². The lowest BCUT2D eigenvalue weighted by Gasteiger charge is -2.40. The quantitative estimate of drug-likeness (QED) is 0.887. The molecule has 2 fully saturated rings. The minimum absolute atomic E-state index is 0.0920. The van der Waals surface area contributed by atoms with Gasteiger partial charge in [0.05, 0.1) is 11.3 Å². The average Bonchev–Trinajstić information content (AvgIpc) is 3.07. The number of likely N-dealkylation sites (tertiary alicyclic amines) is 2. The fraction of sp³-hybridized carbons (Fsp3) is 0.409. The van der Waals surface area contributed by atoms with Crippen LogP contribution in [0.3, 0.4) is 0 Å². The fourth-order valence-electron chi connectivity index (χ4n) is 4.53. The van der Waals surface area contributed by atoms with Gasteiger partial charge in [0.1, 0.15) is 0 Å². The summed E-state index contributed by atoms with van der Waals surface area (Å²) in [6.07, 6.45) is 4.79. The Labute approximate surface area is 164 Å². The van der Waals surface area contributed by atoms with Crippen LogP contribution in [0.4, 0.5) is 0 Å². The van der Waals surface area contributed by atoms with E-state index in [0.717, 1.165) is 38.2 Å². The van der Waals surface area contributed by atoms with Crippen molar-refractivity contribution in [1.29, 1.82) is 0 Å². The highest BCUT2D eigenvalue weighted by Gasteiger charge is 2.41. The summed E-state index contributed by atoms with van der Waals surface area (Å²) in [6, 6.07) is 10.7. The smallest absolute Gasteiger partial charge is 0.337 e. The normalized spacial score (nSPS) is 22.5. The predicted molar refractivity (Wildman–Crippen MR) is 106 cm³/mol. The molecule has 0 bridgehead atoms. The van der Waals surface area contributed by atoms with E-state index in [2.05, 4.69) is 16.9 Å². The predicted octanol–water partition coefficient (Wildman–Crippen LogP) is 3.00. The molecule has 6 nitrogen and oxygen atoms in total. The van der Waals surface area contributed by atoms with Crippen molar-refractivity contribution in [3.8, 4) is 11.3 Å². The number of benzene rings is 1. The minimum Gasteiger partial charge on any atom is -0.478 e. The topological polar surface area (TPSA) is 73.7 Å². The molecule has 146 valence electrons. The second-order valence-electron chi connectivity index (χ2n) is 8.13. The van der Waals surface area contributed by atoms with E-state index in [-0.39, 0.29) is 16.9 Å². The summed E-state index contributed by atoms with van der Waals surface area (Å²) in [4.78, 5) is 32.6. The number of hydrogen-bond donors (Lipinski definition) is 1. The Bertz CT molecular complexity index is 875. The SMILES string of the molecule is CN1CC[C@@]2(CCCN(C(=O)c3ccc(-c4ccc(C(=O)O)cn4)cc3)C2)C1. The maximum absolute atomic E-state index is 13.0. The summed E-state index contributed by atoms with van der Waals surface area (Å²) in [5.41, 5.74) is 2.66. The van der Waals surface area contributed by atoms with E-state index in [0.29, 0.717) is 11.3 Å². The van der Waals surface area contributed by atoms with E-state index in [1.165, 1.54) is 25.1 Å². The summed E-state index contributed by atoms with van der Waals surface area (Å²) < 4.78 is 0. The number of aromatic carboxylic acids is 1. The monoisotopic (exact) mass is 379 g/mol. The molecular formula is C22H25N3O3. The zero-order valence-electron chi connectivity index (χ0n) is 16.1. The number of pyridine rings is 1. The molecule has 2 aliphatic rings. The first-order valence-electron chi connectivity index (χ1n) is 9.73. The number of rotatable bonds is 3. The van der Waals surface area contributed by atoms with Crippen LogP contribution in [0.25, 0.3) is 11.3 Å². The van der Waals surface area contributed by atoms with Crippen molar-refractivity contribution in [3.05, 3.63) is 53.7 Å². The third-order valence-electron chi connectivity index (χ3n) is 6.02. The van der Waals surface area contributed by atoms with Gasteiger partial charge >= 0.3 is 5.97 Å². The molecule has 2 saturated heterocycles. The van der Waals surface area contributed by atoms with Gasteiger partial charge in [-0.15, -0.1) is 0 Å². The van der Waals surface area contributed by atoms with Crippen molar-refractivity contribution < 1.29 is 14.7 Å². The molecule has 4 rings (SSSR count). The zero-order valence-corrected chi connectivity index (χ0v) is 16.1. The number of piperidine rings is 1. The Balaban J connectivity index is 1.47. The van der Waals surface area contributed by atoms with Crippen molar-refractivity contribution in [2.24, 2.45) is 5.41 Å². The van der Waals surface area contributed by atoms with Gasteiger partial charge in [-0.05, 0) is 57.1 Å². The highest BCUT2D eigenvalue weighted by Crippen LogP contribution is 2.38. The van der Waals surface area contributed by atoms with Crippen LogP contribution in [-0.4, -0.2) is 65.0 Å². The third kappa shape index (κ3) is 3.64. The van der Waals surface area contributed by atoms with Crippen molar-refractivity contribution in [1.82, 2.24) is 14.8 Å². The fourth-order valence-corrected chi connectivity index (χ4v) is 4.53. The van der Waals surface area contributed by atoms with Gasteiger partial charge in [0.25, 0.3) is 5.91 Å². The van der Waals surface area contributed by atoms with Crippen molar-refractivity contribution >= 4 is 11.9 Å². The van der Waals surface area contributed by atoms with Gasteiger partial charge in [-0.2, -0.15) is 0 Å². The first-order chi connectivity index (χ1) is 13.5. The molecule has 28 heavy (non-hydrogen) atoms. The largest absolute Gasteiger partial charge is 0.478 e. The summed E-state index contributed by atoms with van der Waals surface area (Å²) >= 11 is 0. The molecule has 0 aliphatic carbocycles. The first-order valence-corrected chi connectivity index (χ1v) is 9.73. The van der Waals surface area contributed by atoms with Crippen molar-refractivity contribution in [2.45, 2.75) is 19.3 Å². The summed E-state index contributed by atoms with van der Waals surface area (Å²) in [5, 5.41) is 8.97.